The molecule has 3 heterocycles. The first-order chi connectivity index (χ1) is 15.2. The molecule has 0 spiro atoms. The van der Waals surface area contributed by atoms with E-state index in [1.54, 1.807) is 0 Å². The Bertz CT molecular complexity index is 1060. The zero-order chi connectivity index (χ0) is 22.4. The maximum Gasteiger partial charge on any atom is 0.573 e. The highest BCUT2D eigenvalue weighted by Crippen LogP contribution is 2.89. The molecule has 5 atom stereocenters. The number of nitrogens with two attached hydrogens (primary N) is 1. The van der Waals surface area contributed by atoms with E-state index in [0.717, 1.165) is 32.1 Å². The third-order valence-electron chi connectivity index (χ3n) is 7.76. The van der Waals surface area contributed by atoms with Gasteiger partial charge in [0.15, 0.2) is 11.6 Å². The normalized spacial score (nSPS) is 33.4. The molecule has 0 aromatic carbocycles. The zero-order valence-corrected chi connectivity index (χ0v) is 18.0. The smallest absolute Gasteiger partial charge is 0.402 e. The molecule has 7 rings (SSSR count). The summed E-state index contributed by atoms with van der Waals surface area (Å²) < 4.78 is 50.1. The number of alkyl halides is 3. The fraction of sp³-hybridized carbons (Fsp3) is 0.636. The van der Waals surface area contributed by atoms with Crippen LogP contribution in [0, 0.1) is 17.8 Å². The van der Waals surface area contributed by atoms with Gasteiger partial charge in [0.2, 0.25) is 0 Å². The monoisotopic (exact) mass is 449 g/mol. The lowest BCUT2D eigenvalue weighted by Crippen LogP contribution is -2.43. The summed E-state index contributed by atoms with van der Waals surface area (Å²) in [5.74, 6) is 2.32. The van der Waals surface area contributed by atoms with E-state index in [0.29, 0.717) is 35.1 Å². The highest BCUT2D eigenvalue weighted by molar-refractivity contribution is 5.64. The fourth-order valence-electron chi connectivity index (χ4n) is 6.45. The molecule has 32 heavy (non-hydrogen) atoms. The van der Waals surface area contributed by atoms with Crippen LogP contribution in [0.5, 0.6) is 5.75 Å². The molecular weight excluding hydrogens is 423 g/mol. The molecule has 2 aromatic rings. The maximum atomic E-state index is 12.7. The summed E-state index contributed by atoms with van der Waals surface area (Å²) in [6, 6.07) is 1.86. The minimum absolute atomic E-state index is 0.125. The Kier molecular flexibility index (Phi) is 4.18. The lowest BCUT2D eigenvalue weighted by Gasteiger charge is -2.32. The van der Waals surface area contributed by atoms with E-state index in [-0.39, 0.29) is 17.3 Å². The minimum Gasteiger partial charge on any atom is -0.402 e. The Morgan fingerprint density at radius 3 is 2.66 bits per heavy atom. The fourth-order valence-corrected chi connectivity index (χ4v) is 6.45. The van der Waals surface area contributed by atoms with Gasteiger partial charge in [-0.3, -0.25) is 4.90 Å². The summed E-state index contributed by atoms with van der Waals surface area (Å²) in [6.45, 7) is 7.76. The van der Waals surface area contributed by atoms with Crippen molar-refractivity contribution in [1.29, 1.82) is 0 Å². The summed E-state index contributed by atoms with van der Waals surface area (Å²) in [7, 11) is 0. The largest absolute Gasteiger partial charge is 0.573 e. The van der Waals surface area contributed by atoms with E-state index in [2.05, 4.69) is 33.0 Å². The van der Waals surface area contributed by atoms with Crippen LogP contribution in [0.2, 0.25) is 0 Å². The number of anilines is 1. The predicted molar refractivity (Wildman–Crippen MR) is 110 cm³/mol. The molecule has 2 bridgehead atoms. The van der Waals surface area contributed by atoms with Gasteiger partial charge >= 0.3 is 6.36 Å². The lowest BCUT2D eigenvalue weighted by molar-refractivity contribution is -0.274. The van der Waals surface area contributed by atoms with Crippen molar-refractivity contribution in [1.82, 2.24) is 19.4 Å². The van der Waals surface area contributed by atoms with Crippen LogP contribution < -0.4 is 10.5 Å². The number of imidazole rings is 1. The molecule has 7 nitrogen and oxygen atoms in total. The zero-order valence-electron chi connectivity index (χ0n) is 18.0. The Balaban J connectivity index is 1.32. The summed E-state index contributed by atoms with van der Waals surface area (Å²) in [4.78, 5) is 11.3. The van der Waals surface area contributed by atoms with Gasteiger partial charge in [-0.25, -0.2) is 9.97 Å². The van der Waals surface area contributed by atoms with Gasteiger partial charge in [-0.15, -0.1) is 13.2 Å². The molecule has 172 valence electrons. The van der Waals surface area contributed by atoms with Crippen molar-refractivity contribution in [2.45, 2.75) is 44.1 Å². The van der Waals surface area contributed by atoms with Crippen LogP contribution in [0.3, 0.4) is 0 Å². The van der Waals surface area contributed by atoms with Crippen LogP contribution >= 0.6 is 0 Å². The van der Waals surface area contributed by atoms with Crippen molar-refractivity contribution < 1.29 is 22.6 Å². The van der Waals surface area contributed by atoms with Crippen LogP contribution in [0.1, 0.15) is 32.0 Å². The predicted octanol–water partition coefficient (Wildman–Crippen LogP) is 3.22. The van der Waals surface area contributed by atoms with Crippen LogP contribution in [0.25, 0.3) is 11.3 Å². The summed E-state index contributed by atoms with van der Waals surface area (Å²) >= 11 is 0. The number of fused-ring (bicyclic) bond motifs is 1. The second-order valence-electron chi connectivity index (χ2n) is 9.66. The van der Waals surface area contributed by atoms with Crippen molar-refractivity contribution in [3.8, 4) is 17.0 Å². The van der Waals surface area contributed by atoms with Gasteiger partial charge < -0.3 is 19.8 Å². The molecule has 0 radical (unpaired) electrons. The number of ether oxygens (including phenoxy) is 2. The van der Waals surface area contributed by atoms with Gasteiger partial charge in [-0.2, -0.15) is 0 Å². The quantitative estimate of drug-likeness (QED) is 0.755. The van der Waals surface area contributed by atoms with E-state index in [1.165, 1.54) is 18.7 Å². The van der Waals surface area contributed by atoms with E-state index < -0.39 is 12.1 Å². The molecule has 0 amide bonds. The molecule has 2 aromatic heterocycles. The van der Waals surface area contributed by atoms with E-state index in [4.69, 9.17) is 15.5 Å². The van der Waals surface area contributed by atoms with Crippen molar-refractivity contribution in [2.75, 3.05) is 32.0 Å². The van der Waals surface area contributed by atoms with Crippen LogP contribution in [-0.4, -0.2) is 58.1 Å². The van der Waals surface area contributed by atoms with Gasteiger partial charge in [0.05, 0.1) is 24.4 Å². The Labute approximate surface area is 183 Å². The third-order valence-corrected chi connectivity index (χ3v) is 7.76. The average molecular weight is 449 g/mol. The molecule has 4 aliphatic carbocycles. The SMILES string of the molecule is CC(C)c1nc(-c2cnc(N)c(OC(F)(F)F)c2)cn1[C@@]12C3C(N4CCOCC4)C[C@H]1[C@@H]32. The van der Waals surface area contributed by atoms with Crippen molar-refractivity contribution in [3.63, 3.8) is 0 Å². The molecule has 10 heteroatoms. The molecule has 2 unspecified atom stereocenters. The Morgan fingerprint density at radius 2 is 2.00 bits per heavy atom. The number of morpholine rings is 1. The molecule has 2 N–H and O–H groups in total. The second kappa shape index (κ2) is 6.60. The highest BCUT2D eigenvalue weighted by Gasteiger charge is 2.93. The summed E-state index contributed by atoms with van der Waals surface area (Å²) in [5.41, 5.74) is 6.79. The number of nitrogens with zero attached hydrogens (tertiary/aromatic N) is 4. The molecule has 1 saturated heterocycles. The summed E-state index contributed by atoms with van der Waals surface area (Å²) in [5, 5.41) is 0. The lowest BCUT2D eigenvalue weighted by atomic mass is 10.1. The number of hydrogen-bond acceptors (Lipinski definition) is 6. The van der Waals surface area contributed by atoms with Gasteiger partial charge in [0.1, 0.15) is 5.82 Å². The number of pyridine rings is 1. The number of hydrogen-bond donors (Lipinski definition) is 1. The molecule has 5 aliphatic rings. The molecule has 1 aliphatic heterocycles. The van der Waals surface area contributed by atoms with Gasteiger partial charge in [-0.05, 0) is 24.3 Å². The van der Waals surface area contributed by atoms with Crippen molar-refractivity contribution >= 4 is 5.82 Å². The first-order valence-corrected chi connectivity index (χ1v) is 11.1. The Morgan fingerprint density at radius 1 is 1.25 bits per heavy atom. The average Bonchev–Trinajstić information content (AvgIpc) is 3.31. The van der Waals surface area contributed by atoms with Crippen LogP contribution in [-0.2, 0) is 10.3 Å². The topological polar surface area (TPSA) is 78.4 Å². The van der Waals surface area contributed by atoms with Crippen LogP contribution in [0.15, 0.2) is 18.5 Å². The van der Waals surface area contributed by atoms with E-state index >= 15 is 0 Å². The van der Waals surface area contributed by atoms with Crippen LogP contribution in [0.4, 0.5) is 19.0 Å². The maximum absolute atomic E-state index is 12.7. The number of nitrogen functional groups attached to an aromatic ring is 1. The number of rotatable bonds is 5. The highest BCUT2D eigenvalue weighted by atomic mass is 19.4. The van der Waals surface area contributed by atoms with Crippen molar-refractivity contribution in [3.05, 3.63) is 24.3 Å². The van der Waals surface area contributed by atoms with Gasteiger partial charge in [0.25, 0.3) is 0 Å². The molecule has 5 fully saturated rings. The number of aromatic nitrogens is 3. The Hall–Kier alpha value is -2.33. The van der Waals surface area contributed by atoms with Gasteiger partial charge in [0, 0.05) is 48.9 Å². The van der Waals surface area contributed by atoms with Gasteiger partial charge in [-0.1, -0.05) is 13.8 Å². The van der Waals surface area contributed by atoms with E-state index in [1.807, 2.05) is 6.20 Å². The van der Waals surface area contributed by atoms with E-state index in [9.17, 15) is 13.2 Å². The first-order valence-electron chi connectivity index (χ1n) is 11.1. The van der Waals surface area contributed by atoms with Crippen molar-refractivity contribution in [2.24, 2.45) is 17.8 Å². The first kappa shape index (κ1) is 20.3. The summed E-state index contributed by atoms with van der Waals surface area (Å²) in [6.07, 6.45) is -0.184. The standard InChI is InChI=1S/C22H26F3N5O2/c1-11(2)20-28-14(12-7-16(19(26)27-9-12)32-22(23,24)25)10-30(20)21-13-8-15(18(21)17(13)21)29-3-5-31-6-4-29/h7,9-11,13,15,17-18H,3-6,8H2,1-2H3,(H2,26,27)/t13-,15?,17-,18?,21-/m0/s1. The third kappa shape index (κ3) is 2.81. The molecule has 4 saturated carbocycles. The minimum atomic E-state index is -4.83. The second-order valence-corrected chi connectivity index (χ2v) is 9.66. The molecular formula is C22H26F3N5O2. The number of halogens is 3.